The van der Waals surface area contributed by atoms with Gasteiger partial charge in [0.2, 0.25) is 5.91 Å². The molecule has 0 radical (unpaired) electrons. The molecule has 0 bridgehead atoms. The van der Waals surface area contributed by atoms with Crippen LogP contribution in [0.3, 0.4) is 0 Å². The first-order chi connectivity index (χ1) is 15.2. The number of amides is 2. The van der Waals surface area contributed by atoms with Crippen LogP contribution < -0.4 is 10.1 Å². The number of rotatable bonds is 10. The summed E-state index contributed by atoms with van der Waals surface area (Å²) < 4.78 is 6.71. The van der Waals surface area contributed by atoms with Gasteiger partial charge in [-0.05, 0) is 68.1 Å². The first-order valence-corrected chi connectivity index (χ1v) is 12.1. The number of nitrogens with one attached hydrogen (secondary N) is 1. The summed E-state index contributed by atoms with van der Waals surface area (Å²) in [6.45, 7) is 7.73. The molecule has 32 heavy (non-hydrogen) atoms. The molecule has 2 aromatic carbocycles. The van der Waals surface area contributed by atoms with Crippen molar-refractivity contribution < 1.29 is 14.3 Å². The first kappa shape index (κ1) is 26.5. The molecule has 2 rings (SSSR count). The van der Waals surface area contributed by atoms with Crippen molar-refractivity contribution in [3.05, 3.63) is 62.0 Å². The van der Waals surface area contributed by atoms with Crippen molar-refractivity contribution in [2.24, 2.45) is 0 Å². The average Bonchev–Trinajstić information content (AvgIpc) is 2.75. The minimum Gasteiger partial charge on any atom is -0.484 e. The molecule has 2 atom stereocenters. The zero-order valence-electron chi connectivity index (χ0n) is 18.8. The molecule has 1 N–H and O–H groups in total. The maximum Gasteiger partial charge on any atom is 0.261 e. The highest BCUT2D eigenvalue weighted by atomic mass is 79.9. The Morgan fingerprint density at radius 1 is 1.12 bits per heavy atom. The number of hydrogen-bond acceptors (Lipinski definition) is 3. The Morgan fingerprint density at radius 3 is 2.44 bits per heavy atom. The van der Waals surface area contributed by atoms with Crippen LogP contribution in [0.2, 0.25) is 10.0 Å². The highest BCUT2D eigenvalue weighted by Crippen LogP contribution is 2.25. The van der Waals surface area contributed by atoms with Crippen LogP contribution in [0.1, 0.15) is 44.7 Å². The predicted octanol–water partition coefficient (Wildman–Crippen LogP) is 6.17. The number of carbonyl (C=O) groups excluding carboxylic acids is 2. The summed E-state index contributed by atoms with van der Waals surface area (Å²) in [5.74, 6) is 0.0862. The van der Waals surface area contributed by atoms with Crippen molar-refractivity contribution >= 4 is 50.9 Å². The van der Waals surface area contributed by atoms with Crippen LogP contribution in [0, 0.1) is 6.92 Å². The molecule has 0 saturated heterocycles. The maximum absolute atomic E-state index is 13.3. The molecular formula is C24H29BrCl2N2O3. The lowest BCUT2D eigenvalue weighted by Gasteiger charge is -2.31. The van der Waals surface area contributed by atoms with E-state index in [1.54, 1.807) is 24.3 Å². The summed E-state index contributed by atoms with van der Waals surface area (Å²) >= 11 is 15.8. The fourth-order valence-corrected chi connectivity index (χ4v) is 3.84. The minimum atomic E-state index is -0.654. The Hall–Kier alpha value is -1.76. The third-order valence-electron chi connectivity index (χ3n) is 5.23. The molecule has 2 aromatic rings. The van der Waals surface area contributed by atoms with Crippen molar-refractivity contribution in [1.82, 2.24) is 10.2 Å². The van der Waals surface area contributed by atoms with Crippen molar-refractivity contribution in [2.75, 3.05) is 6.61 Å². The van der Waals surface area contributed by atoms with Crippen LogP contribution >= 0.6 is 39.1 Å². The standard InChI is InChI=1S/C24H29BrCl2N2O3/c1-5-16(4)28-24(31)22(6-2)29(13-17-7-8-18(26)12-21(17)27)23(30)14-32-19-9-10-20(25)15(3)11-19/h7-12,16,22H,5-6,13-14H2,1-4H3,(H,28,31)/t16-,22-/m0/s1. The van der Waals surface area contributed by atoms with Gasteiger partial charge in [0, 0.05) is 27.1 Å². The van der Waals surface area contributed by atoms with Crippen molar-refractivity contribution in [3.8, 4) is 5.75 Å². The third-order valence-corrected chi connectivity index (χ3v) is 6.71. The maximum atomic E-state index is 13.3. The summed E-state index contributed by atoms with van der Waals surface area (Å²) in [4.78, 5) is 27.7. The van der Waals surface area contributed by atoms with E-state index in [2.05, 4.69) is 21.2 Å². The molecule has 174 valence electrons. The highest BCUT2D eigenvalue weighted by molar-refractivity contribution is 9.10. The lowest BCUT2D eigenvalue weighted by Crippen LogP contribution is -2.51. The van der Waals surface area contributed by atoms with E-state index in [-0.39, 0.29) is 31.0 Å². The fraction of sp³-hybridized carbons (Fsp3) is 0.417. The molecule has 0 aromatic heterocycles. The summed E-state index contributed by atoms with van der Waals surface area (Å²) in [5.41, 5.74) is 1.71. The lowest BCUT2D eigenvalue weighted by molar-refractivity contribution is -0.143. The lowest BCUT2D eigenvalue weighted by atomic mass is 10.1. The normalized spacial score (nSPS) is 12.7. The Kier molecular flexibility index (Phi) is 10.3. The van der Waals surface area contributed by atoms with Crippen molar-refractivity contribution in [2.45, 2.75) is 59.2 Å². The molecule has 0 unspecified atom stereocenters. The second-order valence-electron chi connectivity index (χ2n) is 7.70. The Morgan fingerprint density at radius 2 is 1.84 bits per heavy atom. The van der Waals surface area contributed by atoms with Crippen LogP contribution in [0.15, 0.2) is 40.9 Å². The SMILES string of the molecule is CC[C@H](C)NC(=O)[C@H](CC)N(Cc1ccc(Cl)cc1Cl)C(=O)COc1ccc(Br)c(C)c1. The molecule has 0 heterocycles. The summed E-state index contributed by atoms with van der Waals surface area (Å²) in [6, 6.07) is 9.98. The van der Waals surface area contributed by atoms with E-state index in [1.807, 2.05) is 39.8 Å². The minimum absolute atomic E-state index is 0.00890. The summed E-state index contributed by atoms with van der Waals surface area (Å²) in [7, 11) is 0. The molecular weight excluding hydrogens is 515 g/mol. The van der Waals surface area contributed by atoms with E-state index >= 15 is 0 Å². The molecule has 0 saturated carbocycles. The number of nitrogens with zero attached hydrogens (tertiary/aromatic N) is 1. The van der Waals surface area contributed by atoms with Gasteiger partial charge in [0.25, 0.3) is 5.91 Å². The van der Waals surface area contributed by atoms with Crippen molar-refractivity contribution in [3.63, 3.8) is 0 Å². The number of benzene rings is 2. The average molecular weight is 544 g/mol. The molecule has 0 aliphatic heterocycles. The molecule has 0 aliphatic rings. The van der Waals surface area contributed by atoms with E-state index in [4.69, 9.17) is 27.9 Å². The van der Waals surface area contributed by atoms with Gasteiger partial charge >= 0.3 is 0 Å². The zero-order valence-corrected chi connectivity index (χ0v) is 21.9. The van der Waals surface area contributed by atoms with Crippen LogP contribution in [-0.2, 0) is 16.1 Å². The van der Waals surface area contributed by atoms with Crippen LogP contribution in [-0.4, -0.2) is 35.4 Å². The summed E-state index contributed by atoms with van der Waals surface area (Å²) in [6.07, 6.45) is 1.25. The van der Waals surface area contributed by atoms with Gasteiger partial charge < -0.3 is 15.0 Å². The fourth-order valence-electron chi connectivity index (χ4n) is 3.13. The number of ether oxygens (including phenoxy) is 1. The largest absolute Gasteiger partial charge is 0.484 e. The second kappa shape index (κ2) is 12.5. The first-order valence-electron chi connectivity index (χ1n) is 10.6. The third kappa shape index (κ3) is 7.39. The second-order valence-corrected chi connectivity index (χ2v) is 9.40. The van der Waals surface area contributed by atoms with Crippen molar-refractivity contribution in [1.29, 1.82) is 0 Å². The Balaban J connectivity index is 2.26. The molecule has 0 spiro atoms. The quantitative estimate of drug-likeness (QED) is 0.390. The molecule has 2 amide bonds. The Bertz CT molecular complexity index is 955. The van der Waals surface area contributed by atoms with E-state index in [0.717, 1.165) is 16.5 Å². The van der Waals surface area contributed by atoms with Crippen LogP contribution in [0.4, 0.5) is 0 Å². The zero-order chi connectivity index (χ0) is 23.8. The number of aryl methyl sites for hydroxylation is 1. The number of halogens is 3. The molecule has 8 heteroatoms. The van der Waals surface area contributed by atoms with Gasteiger partial charge in [0.05, 0.1) is 0 Å². The summed E-state index contributed by atoms with van der Waals surface area (Å²) in [5, 5.41) is 3.93. The topological polar surface area (TPSA) is 58.6 Å². The van der Waals surface area contributed by atoms with Gasteiger partial charge in [-0.25, -0.2) is 0 Å². The molecule has 5 nitrogen and oxygen atoms in total. The number of carbonyl (C=O) groups is 2. The van der Waals surface area contributed by atoms with Gasteiger partial charge in [-0.2, -0.15) is 0 Å². The van der Waals surface area contributed by atoms with Crippen LogP contribution in [0.5, 0.6) is 5.75 Å². The van der Waals surface area contributed by atoms with Crippen LogP contribution in [0.25, 0.3) is 0 Å². The molecule has 0 fully saturated rings. The Labute approximate surface area is 208 Å². The van der Waals surface area contributed by atoms with Gasteiger partial charge in [0.1, 0.15) is 11.8 Å². The molecule has 0 aliphatic carbocycles. The smallest absolute Gasteiger partial charge is 0.261 e. The highest BCUT2D eigenvalue weighted by Gasteiger charge is 2.30. The van der Waals surface area contributed by atoms with E-state index < -0.39 is 6.04 Å². The van der Waals surface area contributed by atoms with E-state index in [0.29, 0.717) is 27.8 Å². The monoisotopic (exact) mass is 542 g/mol. The van der Waals surface area contributed by atoms with E-state index in [9.17, 15) is 9.59 Å². The van der Waals surface area contributed by atoms with Gasteiger partial charge in [-0.1, -0.05) is 59.0 Å². The van der Waals surface area contributed by atoms with Gasteiger partial charge in [0.15, 0.2) is 6.61 Å². The van der Waals surface area contributed by atoms with Gasteiger partial charge in [-0.3, -0.25) is 9.59 Å². The van der Waals surface area contributed by atoms with Gasteiger partial charge in [-0.15, -0.1) is 0 Å². The number of hydrogen-bond donors (Lipinski definition) is 1. The van der Waals surface area contributed by atoms with E-state index in [1.165, 1.54) is 4.90 Å². The predicted molar refractivity (Wildman–Crippen MR) is 133 cm³/mol.